The summed E-state index contributed by atoms with van der Waals surface area (Å²) in [6.07, 6.45) is 3.51. The number of nitrogens with one attached hydrogen (secondary N) is 1. The summed E-state index contributed by atoms with van der Waals surface area (Å²) in [6, 6.07) is 17.9. The van der Waals surface area contributed by atoms with Gasteiger partial charge in [-0.2, -0.15) is 0 Å². The molecular formula is C20H17ClFN3S. The monoisotopic (exact) mass is 385 g/mol. The quantitative estimate of drug-likeness (QED) is 0.605. The summed E-state index contributed by atoms with van der Waals surface area (Å²) < 4.78 is 14.0. The van der Waals surface area contributed by atoms with Gasteiger partial charge in [-0.3, -0.25) is 4.98 Å². The number of hydrogen-bond donors (Lipinski definition) is 1. The molecule has 26 heavy (non-hydrogen) atoms. The lowest BCUT2D eigenvalue weighted by Gasteiger charge is -2.26. The molecule has 3 rings (SSSR count). The Bertz CT molecular complexity index is 889. The minimum atomic E-state index is -0.348. The first-order valence-corrected chi connectivity index (χ1v) is 8.84. The van der Waals surface area contributed by atoms with Crippen LogP contribution < -0.4 is 5.32 Å². The fourth-order valence-electron chi connectivity index (χ4n) is 2.52. The molecular weight excluding hydrogens is 369 g/mol. The van der Waals surface area contributed by atoms with Gasteiger partial charge < -0.3 is 10.2 Å². The molecule has 0 aliphatic rings. The van der Waals surface area contributed by atoms with Crippen molar-refractivity contribution in [3.05, 3.63) is 95.0 Å². The van der Waals surface area contributed by atoms with Crippen LogP contribution in [-0.4, -0.2) is 15.0 Å². The maximum absolute atomic E-state index is 14.0. The van der Waals surface area contributed by atoms with Crippen LogP contribution in [0.5, 0.6) is 0 Å². The van der Waals surface area contributed by atoms with Crippen LogP contribution in [0.15, 0.2) is 73.1 Å². The van der Waals surface area contributed by atoms with E-state index in [0.29, 0.717) is 28.9 Å². The second kappa shape index (κ2) is 8.74. The van der Waals surface area contributed by atoms with Crippen molar-refractivity contribution in [2.24, 2.45) is 0 Å². The summed E-state index contributed by atoms with van der Waals surface area (Å²) >= 11 is 11.6. The van der Waals surface area contributed by atoms with Crippen molar-refractivity contribution in [1.82, 2.24) is 9.88 Å². The van der Waals surface area contributed by atoms with Crippen molar-refractivity contribution in [2.45, 2.75) is 13.1 Å². The number of benzene rings is 2. The van der Waals surface area contributed by atoms with Gasteiger partial charge in [-0.1, -0.05) is 41.9 Å². The van der Waals surface area contributed by atoms with E-state index >= 15 is 0 Å². The van der Waals surface area contributed by atoms with Crippen LogP contribution in [0, 0.1) is 5.82 Å². The van der Waals surface area contributed by atoms with E-state index in [1.807, 2.05) is 41.3 Å². The number of thiocarbonyl (C=S) groups is 1. The average molecular weight is 386 g/mol. The third kappa shape index (κ3) is 5.00. The minimum absolute atomic E-state index is 0.347. The van der Waals surface area contributed by atoms with E-state index in [1.165, 1.54) is 6.07 Å². The van der Waals surface area contributed by atoms with Crippen LogP contribution in [-0.2, 0) is 13.1 Å². The minimum Gasteiger partial charge on any atom is -0.340 e. The fraction of sp³-hybridized carbons (Fsp3) is 0.100. The molecule has 0 bridgehead atoms. The number of halogens is 2. The Morgan fingerprint density at radius 3 is 2.54 bits per heavy atom. The largest absolute Gasteiger partial charge is 0.340 e. The average Bonchev–Trinajstić information content (AvgIpc) is 2.64. The molecule has 0 amide bonds. The number of pyridine rings is 1. The van der Waals surface area contributed by atoms with Crippen LogP contribution >= 0.6 is 23.8 Å². The second-order valence-electron chi connectivity index (χ2n) is 5.76. The summed E-state index contributed by atoms with van der Waals surface area (Å²) in [7, 11) is 0. The highest BCUT2D eigenvalue weighted by Crippen LogP contribution is 2.18. The third-order valence-electron chi connectivity index (χ3n) is 3.76. The van der Waals surface area contributed by atoms with E-state index in [0.717, 1.165) is 11.1 Å². The SMILES string of the molecule is Fc1ccccc1NC(=S)N(Cc1cccnc1)Cc1cccc(Cl)c1. The highest BCUT2D eigenvalue weighted by Gasteiger charge is 2.13. The van der Waals surface area contributed by atoms with Crippen molar-refractivity contribution in [1.29, 1.82) is 0 Å². The Hall–Kier alpha value is -2.50. The molecule has 0 spiro atoms. The number of aromatic nitrogens is 1. The number of rotatable bonds is 5. The number of para-hydroxylation sites is 1. The molecule has 1 N–H and O–H groups in total. The highest BCUT2D eigenvalue weighted by molar-refractivity contribution is 7.80. The molecule has 1 heterocycles. The molecule has 0 aliphatic heterocycles. The van der Waals surface area contributed by atoms with Crippen molar-refractivity contribution >= 4 is 34.6 Å². The van der Waals surface area contributed by atoms with Crippen LogP contribution in [0.2, 0.25) is 5.02 Å². The molecule has 0 radical (unpaired) electrons. The van der Waals surface area contributed by atoms with Gasteiger partial charge in [0.25, 0.3) is 0 Å². The fourth-order valence-corrected chi connectivity index (χ4v) is 2.98. The smallest absolute Gasteiger partial charge is 0.174 e. The van der Waals surface area contributed by atoms with Crippen LogP contribution in [0.4, 0.5) is 10.1 Å². The molecule has 0 atom stereocenters. The van der Waals surface area contributed by atoms with Gasteiger partial charge in [0.05, 0.1) is 5.69 Å². The zero-order valence-corrected chi connectivity index (χ0v) is 15.5. The molecule has 0 saturated carbocycles. The molecule has 0 unspecified atom stereocenters. The first-order valence-electron chi connectivity index (χ1n) is 8.05. The number of hydrogen-bond acceptors (Lipinski definition) is 2. The molecule has 3 nitrogen and oxygen atoms in total. The second-order valence-corrected chi connectivity index (χ2v) is 6.58. The summed E-state index contributed by atoms with van der Waals surface area (Å²) in [5.41, 5.74) is 2.37. The van der Waals surface area contributed by atoms with E-state index < -0.39 is 0 Å². The van der Waals surface area contributed by atoms with E-state index in [9.17, 15) is 4.39 Å². The lowest BCUT2D eigenvalue weighted by molar-refractivity contribution is 0.412. The summed E-state index contributed by atoms with van der Waals surface area (Å²) in [6.45, 7) is 1.08. The number of nitrogens with zero attached hydrogens (tertiary/aromatic N) is 2. The van der Waals surface area contributed by atoms with Crippen LogP contribution in [0.25, 0.3) is 0 Å². The van der Waals surface area contributed by atoms with Crippen molar-refractivity contribution in [3.63, 3.8) is 0 Å². The molecule has 2 aromatic carbocycles. The van der Waals surface area contributed by atoms with Gasteiger partial charge in [0.15, 0.2) is 5.11 Å². The molecule has 0 fully saturated rings. The van der Waals surface area contributed by atoms with Gasteiger partial charge in [0, 0.05) is 30.5 Å². The standard InChI is InChI=1S/C20H17ClFN3S/c21-17-7-3-5-15(11-17)13-25(14-16-6-4-10-23-12-16)20(26)24-19-9-2-1-8-18(19)22/h1-12H,13-14H2,(H,24,26). The van der Waals surface area contributed by atoms with Gasteiger partial charge in [0.2, 0.25) is 0 Å². The Labute approximate surface area is 162 Å². The van der Waals surface area contributed by atoms with Crippen molar-refractivity contribution < 1.29 is 4.39 Å². The molecule has 0 aliphatic carbocycles. The zero-order chi connectivity index (χ0) is 18.4. The van der Waals surface area contributed by atoms with Gasteiger partial charge >= 0.3 is 0 Å². The zero-order valence-electron chi connectivity index (χ0n) is 13.9. The first-order chi connectivity index (χ1) is 12.6. The number of anilines is 1. The molecule has 3 aromatic rings. The van der Waals surface area contributed by atoms with Crippen molar-refractivity contribution in [3.8, 4) is 0 Å². The third-order valence-corrected chi connectivity index (χ3v) is 4.36. The van der Waals surface area contributed by atoms with E-state index in [-0.39, 0.29) is 5.82 Å². The van der Waals surface area contributed by atoms with Gasteiger partial charge in [-0.05, 0) is 53.7 Å². The highest BCUT2D eigenvalue weighted by atomic mass is 35.5. The van der Waals surface area contributed by atoms with E-state index in [2.05, 4.69) is 10.3 Å². The van der Waals surface area contributed by atoms with Gasteiger partial charge in [-0.25, -0.2) is 4.39 Å². The Balaban J connectivity index is 1.81. The lowest BCUT2D eigenvalue weighted by atomic mass is 10.2. The predicted molar refractivity (Wildman–Crippen MR) is 108 cm³/mol. The molecule has 1 aromatic heterocycles. The normalized spacial score (nSPS) is 10.4. The lowest BCUT2D eigenvalue weighted by Crippen LogP contribution is -2.34. The van der Waals surface area contributed by atoms with Gasteiger partial charge in [-0.15, -0.1) is 0 Å². The van der Waals surface area contributed by atoms with Crippen LogP contribution in [0.1, 0.15) is 11.1 Å². The van der Waals surface area contributed by atoms with Gasteiger partial charge in [0.1, 0.15) is 5.82 Å². The van der Waals surface area contributed by atoms with Crippen LogP contribution in [0.3, 0.4) is 0 Å². The van der Waals surface area contributed by atoms with Crippen molar-refractivity contribution in [2.75, 3.05) is 5.32 Å². The summed E-state index contributed by atoms with van der Waals surface area (Å²) in [5.74, 6) is -0.348. The first kappa shape index (κ1) is 18.3. The Morgan fingerprint density at radius 2 is 1.81 bits per heavy atom. The predicted octanol–water partition coefficient (Wildman–Crippen LogP) is 5.27. The van der Waals surface area contributed by atoms with E-state index in [1.54, 1.807) is 30.6 Å². The summed E-state index contributed by atoms with van der Waals surface area (Å²) in [4.78, 5) is 6.09. The summed E-state index contributed by atoms with van der Waals surface area (Å²) in [5, 5.41) is 4.09. The maximum Gasteiger partial charge on any atom is 0.174 e. The molecule has 6 heteroatoms. The molecule has 132 valence electrons. The Kier molecular flexibility index (Phi) is 6.15. The van der Waals surface area contributed by atoms with E-state index in [4.69, 9.17) is 23.8 Å². The maximum atomic E-state index is 14.0. The Morgan fingerprint density at radius 1 is 1.04 bits per heavy atom. The molecule has 0 saturated heterocycles. The topological polar surface area (TPSA) is 28.2 Å².